The Balaban J connectivity index is 1.23. The van der Waals surface area contributed by atoms with Crippen molar-refractivity contribution in [2.24, 2.45) is 0 Å². The van der Waals surface area contributed by atoms with Gasteiger partial charge in [0.05, 0.1) is 24.1 Å². The minimum atomic E-state index is -1.03. The van der Waals surface area contributed by atoms with Gasteiger partial charge in [0.1, 0.15) is 5.75 Å². The van der Waals surface area contributed by atoms with Crippen LogP contribution >= 0.6 is 0 Å². The van der Waals surface area contributed by atoms with Gasteiger partial charge < -0.3 is 14.8 Å². The molecule has 2 aliphatic carbocycles. The molecule has 4 heterocycles. The van der Waals surface area contributed by atoms with Crippen LogP contribution in [0, 0.1) is 0 Å². The summed E-state index contributed by atoms with van der Waals surface area (Å²) in [6.45, 7) is 7.82. The number of hydrogen-bond donors (Lipinski definition) is 1. The van der Waals surface area contributed by atoms with Gasteiger partial charge in [-0.05, 0) is 88.0 Å². The van der Waals surface area contributed by atoms with Crippen LogP contribution < -0.4 is 5.32 Å². The maximum atomic E-state index is 13.4. The Morgan fingerprint density at radius 2 is 1.77 bits per heavy atom. The van der Waals surface area contributed by atoms with Crippen LogP contribution in [0.2, 0.25) is 0 Å². The lowest BCUT2D eigenvalue weighted by Crippen LogP contribution is -2.38. The van der Waals surface area contributed by atoms with Gasteiger partial charge in [-0.25, -0.2) is 4.79 Å². The molecule has 2 saturated carbocycles. The summed E-state index contributed by atoms with van der Waals surface area (Å²) in [6.07, 6.45) is 6.50. The monoisotopic (exact) mass is 546 g/mol. The Morgan fingerprint density at radius 3 is 2.44 bits per heavy atom. The molecule has 0 radical (unpaired) electrons. The number of hydrogen-bond acceptors (Lipinski definition) is 5. The molecule has 3 unspecified atom stereocenters. The molecule has 3 aromatic heterocycles. The van der Waals surface area contributed by atoms with E-state index in [1.165, 1.54) is 42.8 Å². The highest BCUT2D eigenvalue weighted by molar-refractivity contribution is 7.91. The van der Waals surface area contributed by atoms with Gasteiger partial charge >= 0.3 is 6.03 Å². The number of rotatable bonds is 9. The van der Waals surface area contributed by atoms with Gasteiger partial charge in [0.25, 0.3) is 0 Å². The fourth-order valence-corrected chi connectivity index (χ4v) is 6.37. The first-order valence-electron chi connectivity index (χ1n) is 14.3. The van der Waals surface area contributed by atoms with E-state index in [4.69, 9.17) is 10.1 Å². The van der Waals surface area contributed by atoms with Crippen molar-refractivity contribution in [2.45, 2.75) is 87.6 Å². The van der Waals surface area contributed by atoms with Gasteiger partial charge in [-0.1, -0.05) is 6.07 Å². The molecule has 1 aliphatic heterocycles. The van der Waals surface area contributed by atoms with Crippen molar-refractivity contribution in [3.8, 4) is 0 Å². The molecule has 39 heavy (non-hydrogen) atoms. The lowest BCUT2D eigenvalue weighted by molar-refractivity contribution is 0.207. The average Bonchev–Trinajstić information content (AvgIpc) is 3.89. The molecule has 0 spiro atoms. The van der Waals surface area contributed by atoms with E-state index < -0.39 is 11.2 Å². The van der Waals surface area contributed by atoms with Crippen LogP contribution in [0.1, 0.15) is 105 Å². The molecule has 1 saturated heterocycles. The number of carbonyl (C=O) groups is 1. The summed E-state index contributed by atoms with van der Waals surface area (Å²) in [7, 11) is 0. The second-order valence-corrected chi connectivity index (χ2v) is 13.2. The van der Waals surface area contributed by atoms with E-state index in [2.05, 4.69) is 53.1 Å². The molecule has 3 aliphatic rings. The summed E-state index contributed by atoms with van der Waals surface area (Å²) in [5, 5.41) is 8.08. The fourth-order valence-electron chi connectivity index (χ4n) is 5.64. The summed E-state index contributed by atoms with van der Waals surface area (Å²) >= 11 is -1.03. The van der Waals surface area contributed by atoms with E-state index in [0.717, 1.165) is 11.4 Å². The first-order valence-corrected chi connectivity index (χ1v) is 15.7. The second kappa shape index (κ2) is 10.9. The molecule has 0 aromatic carbocycles. The van der Waals surface area contributed by atoms with Crippen molar-refractivity contribution >= 4 is 17.2 Å². The van der Waals surface area contributed by atoms with Gasteiger partial charge in [-0.3, -0.25) is 14.6 Å². The van der Waals surface area contributed by atoms with E-state index in [9.17, 15) is 9.35 Å². The Morgan fingerprint density at radius 1 is 1.05 bits per heavy atom. The van der Waals surface area contributed by atoms with E-state index in [0.29, 0.717) is 42.1 Å². The van der Waals surface area contributed by atoms with Crippen LogP contribution in [0.25, 0.3) is 0 Å². The fraction of sp³-hybridized carbons (Fsp3) is 0.533. The summed E-state index contributed by atoms with van der Waals surface area (Å²) in [4.78, 5) is 25.6. The molecule has 206 valence electrons. The highest BCUT2D eigenvalue weighted by Gasteiger charge is 2.41. The first-order chi connectivity index (χ1) is 18.9. The third kappa shape index (κ3) is 5.70. The van der Waals surface area contributed by atoms with Gasteiger partial charge in [0.2, 0.25) is 0 Å². The number of nitrogens with one attached hydrogen (secondary N) is 1. The topological polar surface area (TPSA) is 99.0 Å². The SMILES string of the molecule is CC[S+]([O-])c1ccc(CNC(=O)N2CC(c3cccc(C4CC4)n3)C(c3cc(C4CC4)nn3C(C)C)C2)nc1. The number of likely N-dealkylation sites (tertiary alicyclic amines) is 1. The Hall–Kier alpha value is -2.91. The third-order valence-electron chi connectivity index (χ3n) is 8.17. The number of urea groups is 1. The Labute approximate surface area is 233 Å². The van der Waals surface area contributed by atoms with Crippen LogP contribution in [0.15, 0.2) is 47.5 Å². The van der Waals surface area contributed by atoms with Crippen LogP contribution in [-0.4, -0.2) is 54.1 Å². The molecule has 3 aromatic rings. The zero-order valence-electron chi connectivity index (χ0n) is 23.0. The smallest absolute Gasteiger partial charge is 0.317 e. The minimum absolute atomic E-state index is 0.0955. The lowest BCUT2D eigenvalue weighted by atomic mass is 9.89. The average molecular weight is 547 g/mol. The van der Waals surface area contributed by atoms with Crippen molar-refractivity contribution in [2.75, 3.05) is 18.8 Å². The highest BCUT2D eigenvalue weighted by atomic mass is 32.2. The quantitative estimate of drug-likeness (QED) is 0.371. The number of amides is 2. The number of carbonyl (C=O) groups excluding carboxylic acids is 1. The summed E-state index contributed by atoms with van der Waals surface area (Å²) in [5.41, 5.74) is 5.41. The highest BCUT2D eigenvalue weighted by Crippen LogP contribution is 2.45. The van der Waals surface area contributed by atoms with Crippen LogP contribution in [0.3, 0.4) is 0 Å². The van der Waals surface area contributed by atoms with Gasteiger partial charge in [0.15, 0.2) is 4.90 Å². The predicted molar refractivity (Wildman–Crippen MR) is 151 cm³/mol. The van der Waals surface area contributed by atoms with Gasteiger partial charge in [0, 0.05) is 59.9 Å². The number of aromatic nitrogens is 4. The van der Waals surface area contributed by atoms with Crippen molar-refractivity contribution in [1.82, 2.24) is 30.0 Å². The van der Waals surface area contributed by atoms with Gasteiger partial charge in [-0.15, -0.1) is 0 Å². The largest absolute Gasteiger partial charge is 0.611 e. The summed E-state index contributed by atoms with van der Waals surface area (Å²) < 4.78 is 14.2. The van der Waals surface area contributed by atoms with Crippen LogP contribution in [0.4, 0.5) is 4.79 Å². The van der Waals surface area contributed by atoms with E-state index in [1.54, 1.807) is 6.20 Å². The lowest BCUT2D eigenvalue weighted by Gasteiger charge is -2.21. The van der Waals surface area contributed by atoms with E-state index in [-0.39, 0.29) is 23.9 Å². The molecule has 2 amide bonds. The number of nitrogens with zero attached hydrogens (tertiary/aromatic N) is 5. The van der Waals surface area contributed by atoms with Gasteiger partial charge in [-0.2, -0.15) is 5.10 Å². The molecule has 0 bridgehead atoms. The zero-order valence-corrected chi connectivity index (χ0v) is 23.9. The van der Waals surface area contributed by atoms with Crippen molar-refractivity contribution in [3.05, 3.63) is 71.1 Å². The second-order valence-electron chi connectivity index (χ2n) is 11.5. The zero-order chi connectivity index (χ0) is 27.1. The van der Waals surface area contributed by atoms with Crippen LogP contribution in [-0.2, 0) is 17.7 Å². The molecule has 3 fully saturated rings. The maximum Gasteiger partial charge on any atom is 0.317 e. The number of pyridine rings is 2. The van der Waals surface area contributed by atoms with E-state index in [1.807, 2.05) is 24.0 Å². The Kier molecular flexibility index (Phi) is 7.37. The maximum absolute atomic E-state index is 13.4. The molecule has 9 heteroatoms. The summed E-state index contributed by atoms with van der Waals surface area (Å²) in [5.74, 6) is 1.96. The van der Waals surface area contributed by atoms with Crippen molar-refractivity contribution in [3.63, 3.8) is 0 Å². The third-order valence-corrected chi connectivity index (χ3v) is 9.46. The molecular weight excluding hydrogens is 508 g/mol. The first kappa shape index (κ1) is 26.3. The Bertz CT molecular complexity index is 1320. The summed E-state index contributed by atoms with van der Waals surface area (Å²) in [6, 6.07) is 12.5. The van der Waals surface area contributed by atoms with Crippen LogP contribution in [0.5, 0.6) is 0 Å². The van der Waals surface area contributed by atoms with Crippen molar-refractivity contribution in [1.29, 1.82) is 0 Å². The molecular formula is C30H38N6O2S. The predicted octanol–water partition coefficient (Wildman–Crippen LogP) is 5.23. The standard InChI is InChI=1S/C30H38N6O2S/c1-4-39(38)23-13-12-22(31-16-23)15-32-30(37)35-17-24(27-7-5-6-26(33-27)20-8-9-20)25(18-35)29-14-28(21-10-11-21)34-36(29)19(2)3/h5-7,12-14,16,19-21,24-25H,4,8-11,15,17-18H2,1-3H3,(H,32,37). The molecule has 6 rings (SSSR count). The van der Waals surface area contributed by atoms with E-state index >= 15 is 0 Å². The normalized spacial score (nSPS) is 21.9. The molecule has 3 atom stereocenters. The molecule has 8 nitrogen and oxygen atoms in total. The van der Waals surface area contributed by atoms with Crippen molar-refractivity contribution < 1.29 is 9.35 Å². The minimum Gasteiger partial charge on any atom is -0.611 e. The molecule has 1 N–H and O–H groups in total.